The van der Waals surface area contributed by atoms with E-state index >= 15 is 0 Å². The lowest BCUT2D eigenvalue weighted by atomic mass is 9.86. The summed E-state index contributed by atoms with van der Waals surface area (Å²) in [4.78, 5) is 17.6. The normalized spacial score (nSPS) is 25.8. The molecule has 2 fully saturated rings. The number of piperidine rings is 1. The van der Waals surface area contributed by atoms with Crippen LogP contribution in [-0.4, -0.2) is 58.1 Å². The second-order valence-corrected chi connectivity index (χ2v) is 8.16. The van der Waals surface area contributed by atoms with Crippen molar-refractivity contribution in [3.8, 4) is 0 Å². The van der Waals surface area contributed by atoms with E-state index in [9.17, 15) is 9.18 Å². The molecule has 0 unspecified atom stereocenters. The molecule has 6 heteroatoms. The van der Waals surface area contributed by atoms with Gasteiger partial charge in [-0.15, -0.1) is 0 Å². The first-order valence-electron chi connectivity index (χ1n) is 9.77. The van der Waals surface area contributed by atoms with Gasteiger partial charge in [-0.2, -0.15) is 5.10 Å². The molecule has 3 atom stereocenters. The minimum absolute atomic E-state index is 0.00642. The average molecular weight is 370 g/mol. The number of hydrogen-bond donors (Lipinski definition) is 1. The Morgan fingerprint density at radius 2 is 2.04 bits per heavy atom. The number of aromatic amines is 1. The molecule has 2 saturated heterocycles. The maximum atomic E-state index is 13.4. The maximum Gasteiger partial charge on any atom is 0.274 e. The number of hydrogen-bond acceptors (Lipinski definition) is 3. The Balaban J connectivity index is 1.64. The smallest absolute Gasteiger partial charge is 0.274 e. The van der Waals surface area contributed by atoms with Gasteiger partial charge in [0, 0.05) is 30.2 Å². The second-order valence-electron chi connectivity index (χ2n) is 8.16. The Hall–Kier alpha value is -2.21. The number of rotatable bonds is 3. The lowest BCUT2D eigenvalue weighted by Gasteiger charge is -2.39. The summed E-state index contributed by atoms with van der Waals surface area (Å²) in [5.41, 5.74) is 2.57. The molecule has 1 N–H and O–H groups in total. The SMILES string of the molecule is CC(C)c1cc(C(=O)N2C[C@H](c3ccc(F)cc3)[C@@H]3[C@H]2CCCN3C)n[nH]1. The highest BCUT2D eigenvalue weighted by molar-refractivity contribution is 5.93. The molecule has 0 radical (unpaired) electrons. The summed E-state index contributed by atoms with van der Waals surface area (Å²) < 4.78 is 13.4. The number of H-pyrrole nitrogens is 1. The van der Waals surface area contributed by atoms with Gasteiger partial charge in [0.1, 0.15) is 11.5 Å². The van der Waals surface area contributed by atoms with Crippen LogP contribution in [0, 0.1) is 5.82 Å². The van der Waals surface area contributed by atoms with Crippen LogP contribution >= 0.6 is 0 Å². The third-order valence-corrected chi connectivity index (χ3v) is 6.12. The fourth-order valence-electron chi connectivity index (χ4n) is 4.67. The number of nitrogens with zero attached hydrogens (tertiary/aromatic N) is 3. The lowest BCUT2D eigenvalue weighted by Crippen LogP contribution is -2.50. The fourth-order valence-corrected chi connectivity index (χ4v) is 4.67. The van der Waals surface area contributed by atoms with Crippen molar-refractivity contribution in [1.29, 1.82) is 0 Å². The summed E-state index contributed by atoms with van der Waals surface area (Å²) >= 11 is 0. The number of nitrogens with one attached hydrogen (secondary N) is 1. The number of likely N-dealkylation sites (N-methyl/N-ethyl adjacent to an activating group) is 1. The van der Waals surface area contributed by atoms with E-state index in [1.54, 1.807) is 0 Å². The van der Waals surface area contributed by atoms with Crippen molar-refractivity contribution in [3.63, 3.8) is 0 Å². The van der Waals surface area contributed by atoms with Gasteiger partial charge in [-0.1, -0.05) is 26.0 Å². The van der Waals surface area contributed by atoms with Gasteiger partial charge < -0.3 is 9.80 Å². The van der Waals surface area contributed by atoms with Crippen LogP contribution < -0.4 is 0 Å². The van der Waals surface area contributed by atoms with Gasteiger partial charge in [0.05, 0.1) is 0 Å². The molecule has 2 aromatic rings. The quantitative estimate of drug-likeness (QED) is 0.901. The van der Waals surface area contributed by atoms with E-state index in [2.05, 4.69) is 36.0 Å². The molecule has 1 aromatic carbocycles. The number of halogens is 1. The van der Waals surface area contributed by atoms with Gasteiger partial charge >= 0.3 is 0 Å². The molecule has 5 nitrogen and oxygen atoms in total. The Morgan fingerprint density at radius 3 is 2.70 bits per heavy atom. The number of fused-ring (bicyclic) bond motifs is 1. The van der Waals surface area contributed by atoms with Crippen molar-refractivity contribution < 1.29 is 9.18 Å². The third kappa shape index (κ3) is 3.27. The molecule has 0 bridgehead atoms. The Bertz CT molecular complexity index is 816. The Morgan fingerprint density at radius 1 is 1.30 bits per heavy atom. The molecular formula is C21H27FN4O. The van der Waals surface area contributed by atoms with Gasteiger partial charge in [-0.25, -0.2) is 4.39 Å². The highest BCUT2D eigenvalue weighted by Crippen LogP contribution is 2.40. The molecule has 2 aliphatic rings. The highest BCUT2D eigenvalue weighted by atomic mass is 19.1. The fraction of sp³-hybridized carbons (Fsp3) is 0.524. The van der Waals surface area contributed by atoms with Crippen molar-refractivity contribution >= 4 is 5.91 Å². The average Bonchev–Trinajstić information content (AvgIpc) is 3.28. The minimum Gasteiger partial charge on any atom is -0.332 e. The van der Waals surface area contributed by atoms with E-state index in [4.69, 9.17) is 0 Å². The molecule has 0 spiro atoms. The van der Waals surface area contributed by atoms with E-state index in [1.165, 1.54) is 12.1 Å². The predicted octanol–water partition coefficient (Wildman–Crippen LogP) is 3.37. The van der Waals surface area contributed by atoms with Gasteiger partial charge in [0.2, 0.25) is 0 Å². The molecular weight excluding hydrogens is 343 g/mol. The van der Waals surface area contributed by atoms with Crippen LogP contribution in [0.5, 0.6) is 0 Å². The monoisotopic (exact) mass is 370 g/mol. The van der Waals surface area contributed by atoms with Crippen molar-refractivity contribution in [2.45, 2.75) is 50.6 Å². The summed E-state index contributed by atoms with van der Waals surface area (Å²) in [6, 6.07) is 9.06. The van der Waals surface area contributed by atoms with E-state index in [0.29, 0.717) is 18.2 Å². The van der Waals surface area contributed by atoms with Crippen molar-refractivity contribution in [1.82, 2.24) is 20.0 Å². The first-order chi connectivity index (χ1) is 13.0. The number of aromatic nitrogens is 2. The molecule has 0 saturated carbocycles. The summed E-state index contributed by atoms with van der Waals surface area (Å²) in [5, 5.41) is 7.26. The third-order valence-electron chi connectivity index (χ3n) is 6.12. The van der Waals surface area contributed by atoms with E-state index in [1.807, 2.05) is 23.1 Å². The van der Waals surface area contributed by atoms with Crippen molar-refractivity contribution in [3.05, 3.63) is 53.1 Å². The van der Waals surface area contributed by atoms with E-state index < -0.39 is 0 Å². The summed E-state index contributed by atoms with van der Waals surface area (Å²) in [6.45, 7) is 5.83. The van der Waals surface area contributed by atoms with Crippen LogP contribution in [0.4, 0.5) is 4.39 Å². The van der Waals surface area contributed by atoms with E-state index in [0.717, 1.165) is 30.6 Å². The molecule has 1 amide bonds. The molecule has 2 aliphatic heterocycles. The topological polar surface area (TPSA) is 52.2 Å². The largest absolute Gasteiger partial charge is 0.332 e. The first-order valence-corrected chi connectivity index (χ1v) is 9.77. The van der Waals surface area contributed by atoms with Crippen LogP contribution in [-0.2, 0) is 0 Å². The van der Waals surface area contributed by atoms with Crippen LogP contribution in [0.25, 0.3) is 0 Å². The zero-order valence-electron chi connectivity index (χ0n) is 16.2. The summed E-state index contributed by atoms with van der Waals surface area (Å²) in [6.07, 6.45) is 2.08. The molecule has 3 heterocycles. The molecule has 0 aliphatic carbocycles. The summed E-state index contributed by atoms with van der Waals surface area (Å²) in [7, 11) is 2.13. The van der Waals surface area contributed by atoms with Gasteiger partial charge in [0.15, 0.2) is 0 Å². The molecule has 144 valence electrons. The van der Waals surface area contributed by atoms with Gasteiger partial charge in [-0.3, -0.25) is 9.89 Å². The lowest BCUT2D eigenvalue weighted by molar-refractivity contribution is 0.0623. The van der Waals surface area contributed by atoms with Crippen LogP contribution in [0.15, 0.2) is 30.3 Å². The number of benzene rings is 1. The Labute approximate surface area is 159 Å². The van der Waals surface area contributed by atoms with Gasteiger partial charge in [0.25, 0.3) is 5.91 Å². The Kier molecular flexibility index (Phi) is 4.76. The van der Waals surface area contributed by atoms with Crippen LogP contribution in [0.3, 0.4) is 0 Å². The van der Waals surface area contributed by atoms with Crippen molar-refractivity contribution in [2.24, 2.45) is 0 Å². The number of carbonyl (C=O) groups excluding carboxylic acids is 1. The number of amides is 1. The number of carbonyl (C=O) groups is 1. The maximum absolute atomic E-state index is 13.4. The molecule has 27 heavy (non-hydrogen) atoms. The zero-order valence-corrected chi connectivity index (χ0v) is 16.2. The minimum atomic E-state index is -0.226. The first kappa shape index (κ1) is 18.2. The van der Waals surface area contributed by atoms with Gasteiger partial charge in [-0.05, 0) is 56.1 Å². The summed E-state index contributed by atoms with van der Waals surface area (Å²) in [5.74, 6) is 0.260. The van der Waals surface area contributed by atoms with Crippen molar-refractivity contribution in [2.75, 3.05) is 20.1 Å². The molecule has 1 aromatic heterocycles. The van der Waals surface area contributed by atoms with E-state index in [-0.39, 0.29) is 29.7 Å². The highest BCUT2D eigenvalue weighted by Gasteiger charge is 2.48. The zero-order chi connectivity index (χ0) is 19.1. The molecule has 4 rings (SSSR count). The predicted molar refractivity (Wildman–Crippen MR) is 102 cm³/mol. The number of likely N-dealkylation sites (tertiary alicyclic amines) is 2. The standard InChI is InChI=1S/C21H27FN4O/c1-13(2)17-11-18(24-23-17)21(27)26-12-16(14-6-8-15(22)9-7-14)20-19(26)5-4-10-25(20)3/h6-9,11,13,16,19-20H,4-5,10,12H2,1-3H3,(H,23,24)/t16-,19-,20-/m1/s1. The second kappa shape index (κ2) is 7.08. The van der Waals surface area contributed by atoms with Crippen LogP contribution in [0.1, 0.15) is 60.3 Å². The van der Waals surface area contributed by atoms with Crippen LogP contribution in [0.2, 0.25) is 0 Å².